The summed E-state index contributed by atoms with van der Waals surface area (Å²) in [6.45, 7) is 4.34. The standard InChI is InChI=1S/C16H18F3N3O3/c1-11-6-8-21(9-7-11)10-14-15(20-25-22(14)23)12-2-4-13(5-3-12)24-16(17,18)19/h2-5,11H,6-10H2,1H3. The molecule has 9 heteroatoms. The number of likely N-dealkylation sites (tertiary alicyclic amines) is 1. The summed E-state index contributed by atoms with van der Waals surface area (Å²) >= 11 is 0. The maximum atomic E-state index is 12.2. The third-order valence-corrected chi connectivity index (χ3v) is 4.31. The van der Waals surface area contributed by atoms with Gasteiger partial charge in [-0.25, -0.2) is 0 Å². The van der Waals surface area contributed by atoms with Crippen LogP contribution in [-0.2, 0) is 6.54 Å². The van der Waals surface area contributed by atoms with Crippen molar-refractivity contribution in [3.05, 3.63) is 35.2 Å². The van der Waals surface area contributed by atoms with Gasteiger partial charge in [0.1, 0.15) is 5.75 Å². The Morgan fingerprint density at radius 2 is 1.92 bits per heavy atom. The van der Waals surface area contributed by atoms with Gasteiger partial charge < -0.3 is 9.94 Å². The van der Waals surface area contributed by atoms with Gasteiger partial charge in [-0.05, 0) is 61.0 Å². The summed E-state index contributed by atoms with van der Waals surface area (Å²) in [6.07, 6.45) is -2.63. The molecule has 1 aromatic heterocycles. The molecule has 6 nitrogen and oxygen atoms in total. The van der Waals surface area contributed by atoms with E-state index in [1.165, 1.54) is 24.3 Å². The lowest BCUT2D eigenvalue weighted by Gasteiger charge is -2.29. The summed E-state index contributed by atoms with van der Waals surface area (Å²) in [4.78, 5) is 2.50. The molecule has 0 spiro atoms. The van der Waals surface area contributed by atoms with Crippen molar-refractivity contribution in [2.75, 3.05) is 13.1 Å². The molecule has 1 aliphatic rings. The number of hydrogen-bond donors (Lipinski definition) is 0. The minimum atomic E-state index is -4.75. The average Bonchev–Trinajstić information content (AvgIpc) is 2.90. The van der Waals surface area contributed by atoms with Crippen LogP contribution in [0.25, 0.3) is 11.3 Å². The van der Waals surface area contributed by atoms with Crippen molar-refractivity contribution >= 4 is 0 Å². The van der Waals surface area contributed by atoms with Crippen molar-refractivity contribution in [2.24, 2.45) is 5.92 Å². The van der Waals surface area contributed by atoms with E-state index in [0.717, 1.165) is 25.9 Å². The lowest BCUT2D eigenvalue weighted by Crippen LogP contribution is -2.37. The van der Waals surface area contributed by atoms with Crippen molar-refractivity contribution in [3.63, 3.8) is 0 Å². The van der Waals surface area contributed by atoms with Crippen LogP contribution in [0.4, 0.5) is 13.2 Å². The van der Waals surface area contributed by atoms with Gasteiger partial charge in [-0.3, -0.25) is 9.53 Å². The number of rotatable bonds is 4. The molecule has 0 unspecified atom stereocenters. The zero-order chi connectivity index (χ0) is 18.0. The normalized spacial score (nSPS) is 17.0. The third kappa shape index (κ3) is 4.41. The Morgan fingerprint density at radius 1 is 1.28 bits per heavy atom. The van der Waals surface area contributed by atoms with E-state index in [2.05, 4.69) is 21.7 Å². The van der Waals surface area contributed by atoms with Gasteiger partial charge in [0.05, 0.1) is 6.54 Å². The van der Waals surface area contributed by atoms with E-state index in [0.29, 0.717) is 34.3 Å². The molecule has 1 aliphatic heterocycles. The zero-order valence-electron chi connectivity index (χ0n) is 13.6. The number of alkyl halides is 3. The fourth-order valence-electron chi connectivity index (χ4n) is 2.86. The van der Waals surface area contributed by atoms with Crippen molar-refractivity contribution in [1.29, 1.82) is 0 Å². The first kappa shape index (κ1) is 17.5. The van der Waals surface area contributed by atoms with Gasteiger partial charge in [-0.15, -0.1) is 13.2 Å². The van der Waals surface area contributed by atoms with Crippen LogP contribution in [-0.4, -0.2) is 29.5 Å². The van der Waals surface area contributed by atoms with Gasteiger partial charge in [-0.2, -0.15) is 0 Å². The van der Waals surface area contributed by atoms with Gasteiger partial charge in [0.2, 0.25) is 5.69 Å². The summed E-state index contributed by atoms with van der Waals surface area (Å²) in [7, 11) is 0. The molecule has 0 amide bonds. The van der Waals surface area contributed by atoms with Crippen LogP contribution in [0.15, 0.2) is 28.9 Å². The summed E-state index contributed by atoms with van der Waals surface area (Å²) in [5.74, 6) is 0.333. The van der Waals surface area contributed by atoms with Gasteiger partial charge in [0, 0.05) is 10.7 Å². The number of ether oxygens (including phenoxy) is 1. The molecule has 0 radical (unpaired) electrons. The molecule has 0 N–H and O–H groups in total. The van der Waals surface area contributed by atoms with E-state index in [1.807, 2.05) is 0 Å². The quantitative estimate of drug-likeness (QED) is 0.787. The highest BCUT2D eigenvalue weighted by Crippen LogP contribution is 2.27. The number of nitrogens with zero attached hydrogens (tertiary/aromatic N) is 3. The second-order valence-electron chi connectivity index (χ2n) is 6.26. The Labute approximate surface area is 142 Å². The van der Waals surface area contributed by atoms with Crippen LogP contribution in [0.3, 0.4) is 0 Å². The molecular formula is C16H18F3N3O3. The number of halogens is 3. The summed E-state index contributed by atoms with van der Waals surface area (Å²) in [5, 5.41) is 15.6. The van der Waals surface area contributed by atoms with Gasteiger partial charge in [0.15, 0.2) is 0 Å². The fourth-order valence-corrected chi connectivity index (χ4v) is 2.86. The molecule has 2 heterocycles. The van der Waals surface area contributed by atoms with Gasteiger partial charge in [0.25, 0.3) is 5.69 Å². The first-order chi connectivity index (χ1) is 11.8. The molecule has 1 aromatic carbocycles. The smallest absolute Gasteiger partial charge is 0.406 e. The van der Waals surface area contributed by atoms with Crippen LogP contribution < -0.4 is 9.64 Å². The van der Waals surface area contributed by atoms with E-state index in [-0.39, 0.29) is 5.75 Å². The minimum absolute atomic E-state index is 0.326. The maximum Gasteiger partial charge on any atom is 0.573 e. The Kier molecular flexibility index (Phi) is 4.85. The maximum absolute atomic E-state index is 12.2. The predicted octanol–water partition coefficient (Wildman–Crippen LogP) is 3.11. The van der Waals surface area contributed by atoms with E-state index in [1.54, 1.807) is 0 Å². The Bertz CT molecular complexity index is 708. The summed E-state index contributed by atoms with van der Waals surface area (Å²) < 4.78 is 45.2. The second-order valence-corrected chi connectivity index (χ2v) is 6.26. The molecule has 0 bridgehead atoms. The summed E-state index contributed by atoms with van der Waals surface area (Å²) in [6, 6.07) is 5.19. The summed E-state index contributed by atoms with van der Waals surface area (Å²) in [5.41, 5.74) is 1.17. The highest BCUT2D eigenvalue weighted by molar-refractivity contribution is 5.61. The molecular weight excluding hydrogens is 339 g/mol. The lowest BCUT2D eigenvalue weighted by molar-refractivity contribution is -0.808. The molecule has 0 atom stereocenters. The van der Waals surface area contributed by atoms with Crippen LogP contribution in [0, 0.1) is 11.1 Å². The molecule has 1 fully saturated rings. The largest absolute Gasteiger partial charge is 0.573 e. The number of hydrogen-bond acceptors (Lipinski definition) is 5. The van der Waals surface area contributed by atoms with E-state index in [4.69, 9.17) is 4.63 Å². The zero-order valence-corrected chi connectivity index (χ0v) is 13.6. The van der Waals surface area contributed by atoms with Crippen molar-refractivity contribution in [3.8, 4) is 17.0 Å². The topological polar surface area (TPSA) is 65.4 Å². The van der Waals surface area contributed by atoms with Gasteiger partial charge >= 0.3 is 6.36 Å². The fraction of sp³-hybridized carbons (Fsp3) is 0.500. The average molecular weight is 357 g/mol. The van der Waals surface area contributed by atoms with Crippen LogP contribution >= 0.6 is 0 Å². The molecule has 0 aliphatic carbocycles. The molecule has 1 saturated heterocycles. The SMILES string of the molecule is CC1CCN(Cc2c(-c3ccc(OC(F)(F)F)cc3)no[n+]2[O-])CC1. The van der Waals surface area contributed by atoms with Crippen molar-refractivity contribution in [1.82, 2.24) is 10.1 Å². The second kappa shape index (κ2) is 6.91. The Hall–Kier alpha value is -2.29. The number of benzene rings is 1. The van der Waals surface area contributed by atoms with E-state index < -0.39 is 6.36 Å². The first-order valence-electron chi connectivity index (χ1n) is 7.99. The van der Waals surface area contributed by atoms with Crippen molar-refractivity contribution in [2.45, 2.75) is 32.7 Å². The number of aromatic nitrogens is 2. The van der Waals surface area contributed by atoms with E-state index >= 15 is 0 Å². The van der Waals surface area contributed by atoms with Crippen LogP contribution in [0.1, 0.15) is 25.5 Å². The molecule has 3 rings (SSSR count). The Balaban J connectivity index is 1.76. The highest BCUT2D eigenvalue weighted by Gasteiger charge is 2.31. The van der Waals surface area contributed by atoms with Crippen molar-refractivity contribution < 1.29 is 27.4 Å². The van der Waals surface area contributed by atoms with Gasteiger partial charge in [-0.1, -0.05) is 6.92 Å². The molecule has 136 valence electrons. The van der Waals surface area contributed by atoms with E-state index in [9.17, 15) is 18.4 Å². The first-order valence-corrected chi connectivity index (χ1v) is 7.99. The lowest BCUT2D eigenvalue weighted by atomic mass is 9.99. The highest BCUT2D eigenvalue weighted by atomic mass is 19.4. The molecule has 25 heavy (non-hydrogen) atoms. The molecule has 2 aromatic rings. The minimum Gasteiger partial charge on any atom is -0.406 e. The van der Waals surface area contributed by atoms with Crippen LogP contribution in [0.5, 0.6) is 5.75 Å². The molecule has 0 saturated carbocycles. The number of piperidine rings is 1. The Morgan fingerprint density at radius 3 is 2.52 bits per heavy atom. The third-order valence-electron chi connectivity index (χ3n) is 4.31. The predicted molar refractivity (Wildman–Crippen MR) is 81.3 cm³/mol. The van der Waals surface area contributed by atoms with Crippen LogP contribution in [0.2, 0.25) is 0 Å². The monoisotopic (exact) mass is 357 g/mol.